The second-order valence-electron chi connectivity index (χ2n) is 10.0. The van der Waals surface area contributed by atoms with Gasteiger partial charge < -0.3 is 0 Å². The van der Waals surface area contributed by atoms with Crippen molar-refractivity contribution in [3.05, 3.63) is 68.8 Å². The Balaban J connectivity index is 2.07. The molecule has 0 aliphatic heterocycles. The van der Waals surface area contributed by atoms with Gasteiger partial charge in [-0.1, -0.05) is 65.8 Å². The summed E-state index contributed by atoms with van der Waals surface area (Å²) in [6, 6.07) is 9.90. The summed E-state index contributed by atoms with van der Waals surface area (Å²) in [6.45, 7) is 18.5. The van der Waals surface area contributed by atoms with Crippen molar-refractivity contribution in [1.29, 1.82) is 0 Å². The maximum absolute atomic E-state index is 2.49. The quantitative estimate of drug-likeness (QED) is 0.510. The summed E-state index contributed by atoms with van der Waals surface area (Å²) in [7, 11) is 0. The predicted octanol–water partition coefficient (Wildman–Crippen LogP) is 6.59. The van der Waals surface area contributed by atoms with E-state index in [0.717, 1.165) is 6.42 Å². The Labute approximate surface area is 154 Å². The fraction of sp³-hybridized carbons (Fsp3) is 0.520. The second-order valence-corrected chi connectivity index (χ2v) is 10.0. The first-order valence-corrected chi connectivity index (χ1v) is 9.72. The number of rotatable bonds is 0. The molecule has 25 heavy (non-hydrogen) atoms. The summed E-state index contributed by atoms with van der Waals surface area (Å²) < 4.78 is 0. The summed E-state index contributed by atoms with van der Waals surface area (Å²) >= 11 is 0. The van der Waals surface area contributed by atoms with Gasteiger partial charge in [0.05, 0.1) is 0 Å². The lowest BCUT2D eigenvalue weighted by Gasteiger charge is -2.24. The molecule has 0 saturated heterocycles. The third kappa shape index (κ3) is 3.54. The molecule has 0 unspecified atom stereocenters. The van der Waals surface area contributed by atoms with E-state index in [1.54, 1.807) is 11.1 Å². The van der Waals surface area contributed by atoms with Crippen LogP contribution in [0, 0.1) is 13.8 Å². The van der Waals surface area contributed by atoms with Gasteiger partial charge in [0.15, 0.2) is 0 Å². The maximum atomic E-state index is 2.49. The van der Waals surface area contributed by atoms with Crippen LogP contribution in [0.3, 0.4) is 0 Å². The lowest BCUT2D eigenvalue weighted by Crippen LogP contribution is -2.14. The van der Waals surface area contributed by atoms with E-state index in [1.165, 1.54) is 46.2 Å². The molecule has 0 spiro atoms. The normalized spacial score (nSPS) is 14.7. The van der Waals surface area contributed by atoms with Gasteiger partial charge in [-0.3, -0.25) is 0 Å². The molecular weight excluding hydrogens is 300 g/mol. The van der Waals surface area contributed by atoms with E-state index in [-0.39, 0.29) is 10.8 Å². The van der Waals surface area contributed by atoms with Gasteiger partial charge in [0, 0.05) is 0 Å². The number of hydrogen-bond acceptors (Lipinski definition) is 0. The van der Waals surface area contributed by atoms with Gasteiger partial charge in [-0.15, -0.1) is 0 Å². The van der Waals surface area contributed by atoms with Gasteiger partial charge in [0.2, 0.25) is 0 Å². The fourth-order valence-electron chi connectivity index (χ4n) is 4.51. The van der Waals surface area contributed by atoms with E-state index in [4.69, 9.17) is 0 Å². The molecule has 0 nitrogen and oxygen atoms in total. The Morgan fingerprint density at radius 3 is 1.24 bits per heavy atom. The number of aryl methyl sites for hydroxylation is 4. The van der Waals surface area contributed by atoms with Crippen LogP contribution in [0.25, 0.3) is 0 Å². The average Bonchev–Trinajstić information content (AvgIpc) is 2.61. The van der Waals surface area contributed by atoms with E-state index >= 15 is 0 Å². The minimum absolute atomic E-state index is 0.217. The molecule has 3 rings (SSSR count). The van der Waals surface area contributed by atoms with Crippen LogP contribution in [-0.2, 0) is 30.1 Å². The van der Waals surface area contributed by atoms with Gasteiger partial charge in [-0.25, -0.2) is 0 Å². The topological polar surface area (TPSA) is 0 Å². The highest BCUT2D eigenvalue weighted by Gasteiger charge is 2.23. The molecule has 0 amide bonds. The predicted molar refractivity (Wildman–Crippen MR) is 110 cm³/mol. The lowest BCUT2D eigenvalue weighted by atomic mass is 9.81. The maximum Gasteiger partial charge on any atom is -0.00201 e. The van der Waals surface area contributed by atoms with Crippen molar-refractivity contribution < 1.29 is 0 Å². The van der Waals surface area contributed by atoms with Crippen LogP contribution in [0.5, 0.6) is 0 Å². The first-order chi connectivity index (χ1) is 11.5. The lowest BCUT2D eigenvalue weighted by molar-refractivity contribution is 0.584. The zero-order valence-electron chi connectivity index (χ0n) is 17.4. The summed E-state index contributed by atoms with van der Waals surface area (Å²) in [5, 5.41) is 0. The van der Waals surface area contributed by atoms with E-state index in [2.05, 4.69) is 79.7 Å². The molecule has 1 aliphatic rings. The minimum atomic E-state index is 0.217. The molecule has 0 saturated carbocycles. The highest BCUT2D eigenvalue weighted by Crippen LogP contribution is 2.35. The summed E-state index contributed by atoms with van der Waals surface area (Å²) in [4.78, 5) is 0. The molecule has 2 aromatic rings. The monoisotopic (exact) mass is 334 g/mol. The standard InChI is InChI=1S/C25H34/c1-16-11-20-13-21-12-17(2)23(25(6,7)8)15-19(21)10-9-18(20)14-22(16)24(3,4)5/h11-12,14-15H,9-10,13H2,1-8H3. The Morgan fingerprint density at radius 1 is 0.560 bits per heavy atom. The fourth-order valence-corrected chi connectivity index (χ4v) is 4.51. The van der Waals surface area contributed by atoms with Crippen molar-refractivity contribution in [2.75, 3.05) is 0 Å². The van der Waals surface area contributed by atoms with Crippen LogP contribution in [0.15, 0.2) is 24.3 Å². The van der Waals surface area contributed by atoms with Gasteiger partial charge in [-0.05, 0) is 88.4 Å². The zero-order chi connectivity index (χ0) is 18.6. The number of fused-ring (bicyclic) bond motifs is 2. The Kier molecular flexibility index (Phi) is 4.38. The first kappa shape index (κ1) is 18.2. The summed E-state index contributed by atoms with van der Waals surface area (Å²) in [6.07, 6.45) is 3.41. The number of benzene rings is 2. The SMILES string of the molecule is Cc1cc2c(cc1C(C)(C)C)CCc1cc(C(C)(C)C)c(C)cc1C2. The molecule has 0 aromatic heterocycles. The Hall–Kier alpha value is -1.56. The smallest absolute Gasteiger partial charge is 0.00201 e. The van der Waals surface area contributed by atoms with Gasteiger partial charge in [-0.2, -0.15) is 0 Å². The molecule has 0 heterocycles. The van der Waals surface area contributed by atoms with Crippen molar-refractivity contribution in [1.82, 2.24) is 0 Å². The van der Waals surface area contributed by atoms with Crippen molar-refractivity contribution in [3.63, 3.8) is 0 Å². The van der Waals surface area contributed by atoms with Crippen molar-refractivity contribution in [2.45, 2.75) is 85.5 Å². The molecule has 0 heteroatoms. The molecule has 2 aromatic carbocycles. The second kappa shape index (κ2) is 6.01. The van der Waals surface area contributed by atoms with Gasteiger partial charge in [0.1, 0.15) is 0 Å². The summed E-state index contributed by atoms with van der Waals surface area (Å²) in [5.74, 6) is 0. The van der Waals surface area contributed by atoms with E-state index in [9.17, 15) is 0 Å². The Bertz CT molecular complexity index is 738. The van der Waals surface area contributed by atoms with Crippen LogP contribution in [0.1, 0.15) is 86.1 Å². The molecule has 0 fully saturated rings. The molecular formula is C25H34. The van der Waals surface area contributed by atoms with Gasteiger partial charge >= 0.3 is 0 Å². The first-order valence-electron chi connectivity index (χ1n) is 9.72. The molecule has 0 bridgehead atoms. The van der Waals surface area contributed by atoms with Crippen LogP contribution < -0.4 is 0 Å². The van der Waals surface area contributed by atoms with E-state index in [1.807, 2.05) is 0 Å². The highest BCUT2D eigenvalue weighted by atomic mass is 14.3. The van der Waals surface area contributed by atoms with E-state index in [0.29, 0.717) is 0 Å². The largest absolute Gasteiger partial charge is 0.0561 e. The highest BCUT2D eigenvalue weighted by molar-refractivity contribution is 5.49. The Morgan fingerprint density at radius 2 is 0.920 bits per heavy atom. The van der Waals surface area contributed by atoms with Gasteiger partial charge in [0.25, 0.3) is 0 Å². The number of hydrogen-bond donors (Lipinski definition) is 0. The minimum Gasteiger partial charge on any atom is -0.0561 e. The van der Waals surface area contributed by atoms with Crippen molar-refractivity contribution in [3.8, 4) is 0 Å². The average molecular weight is 335 g/mol. The zero-order valence-corrected chi connectivity index (χ0v) is 17.4. The molecule has 0 radical (unpaired) electrons. The van der Waals surface area contributed by atoms with Crippen LogP contribution in [0.2, 0.25) is 0 Å². The van der Waals surface area contributed by atoms with Crippen molar-refractivity contribution >= 4 is 0 Å². The molecule has 134 valence electrons. The molecule has 1 aliphatic carbocycles. The van der Waals surface area contributed by atoms with E-state index < -0.39 is 0 Å². The van der Waals surface area contributed by atoms with Crippen molar-refractivity contribution in [2.24, 2.45) is 0 Å². The van der Waals surface area contributed by atoms with Crippen LogP contribution >= 0.6 is 0 Å². The third-order valence-corrected chi connectivity index (χ3v) is 5.75. The van der Waals surface area contributed by atoms with Crippen LogP contribution in [-0.4, -0.2) is 0 Å². The third-order valence-electron chi connectivity index (χ3n) is 5.75. The summed E-state index contributed by atoms with van der Waals surface area (Å²) in [5.41, 5.74) is 12.5. The molecule has 0 N–H and O–H groups in total. The van der Waals surface area contributed by atoms with Crippen LogP contribution in [0.4, 0.5) is 0 Å². The molecule has 0 atom stereocenters.